The van der Waals surface area contributed by atoms with E-state index in [1.165, 1.54) is 6.07 Å². The minimum atomic E-state index is -0.411. The van der Waals surface area contributed by atoms with Crippen LogP contribution in [0.3, 0.4) is 0 Å². The third-order valence-electron chi connectivity index (χ3n) is 2.57. The van der Waals surface area contributed by atoms with Crippen LogP contribution in [0.2, 0.25) is 5.02 Å². The molecule has 0 saturated carbocycles. The van der Waals surface area contributed by atoms with Crippen LogP contribution in [0.15, 0.2) is 18.2 Å². The highest BCUT2D eigenvalue weighted by molar-refractivity contribution is 6.30. The summed E-state index contributed by atoms with van der Waals surface area (Å²) in [6.07, 6.45) is 0.363. The normalized spacial score (nSPS) is 14.8. The second-order valence-electron chi connectivity index (χ2n) is 3.87. The summed E-state index contributed by atoms with van der Waals surface area (Å²) in [7, 11) is 0. The second-order valence-corrected chi connectivity index (χ2v) is 4.27. The summed E-state index contributed by atoms with van der Waals surface area (Å²) in [6, 6.07) is 4.69. The number of aliphatic hydroxyl groups is 1. The molecule has 4 heteroatoms. The summed E-state index contributed by atoms with van der Waals surface area (Å²) in [5.74, 6) is -0.411. The molecule has 0 saturated heterocycles. The molecular formula is C12H17ClFNO. The number of nitrogens with one attached hydrogen (secondary N) is 1. The molecule has 0 fully saturated rings. The highest BCUT2D eigenvalue weighted by atomic mass is 35.5. The van der Waals surface area contributed by atoms with Crippen LogP contribution in [0.25, 0.3) is 0 Å². The van der Waals surface area contributed by atoms with Gasteiger partial charge in [-0.15, -0.1) is 0 Å². The molecule has 0 spiro atoms. The van der Waals surface area contributed by atoms with Gasteiger partial charge in [-0.1, -0.05) is 24.6 Å². The van der Waals surface area contributed by atoms with Gasteiger partial charge in [0, 0.05) is 12.6 Å². The molecule has 2 N–H and O–H groups in total. The van der Waals surface area contributed by atoms with Crippen LogP contribution in [-0.2, 0) is 0 Å². The van der Waals surface area contributed by atoms with Crippen molar-refractivity contribution < 1.29 is 9.50 Å². The molecule has 2 atom stereocenters. The van der Waals surface area contributed by atoms with E-state index in [-0.39, 0.29) is 17.2 Å². The van der Waals surface area contributed by atoms with Crippen LogP contribution < -0.4 is 5.32 Å². The van der Waals surface area contributed by atoms with Gasteiger partial charge in [0.25, 0.3) is 0 Å². The van der Waals surface area contributed by atoms with Gasteiger partial charge in [0.1, 0.15) is 5.82 Å². The lowest BCUT2D eigenvalue weighted by molar-refractivity contribution is 0.164. The molecule has 0 heterocycles. The van der Waals surface area contributed by atoms with Gasteiger partial charge in [-0.2, -0.15) is 0 Å². The Balaban J connectivity index is 2.59. The van der Waals surface area contributed by atoms with Crippen molar-refractivity contribution in [3.63, 3.8) is 0 Å². The first-order valence-corrected chi connectivity index (χ1v) is 5.78. The Kier molecular flexibility index (Phi) is 5.19. The highest BCUT2D eigenvalue weighted by Crippen LogP contribution is 2.20. The van der Waals surface area contributed by atoms with Crippen LogP contribution in [0, 0.1) is 5.82 Å². The molecule has 1 aromatic carbocycles. The average molecular weight is 246 g/mol. The van der Waals surface area contributed by atoms with Crippen molar-refractivity contribution in [2.45, 2.75) is 32.4 Å². The lowest BCUT2D eigenvalue weighted by Crippen LogP contribution is -2.28. The van der Waals surface area contributed by atoms with E-state index in [0.29, 0.717) is 13.0 Å². The zero-order chi connectivity index (χ0) is 12.1. The van der Waals surface area contributed by atoms with Crippen LogP contribution in [0.1, 0.15) is 31.9 Å². The molecule has 0 aliphatic rings. The monoisotopic (exact) mass is 245 g/mol. The molecule has 0 aromatic heterocycles. The van der Waals surface area contributed by atoms with E-state index >= 15 is 0 Å². The summed E-state index contributed by atoms with van der Waals surface area (Å²) in [5.41, 5.74) is 0.912. The topological polar surface area (TPSA) is 32.3 Å². The molecule has 1 unspecified atom stereocenters. The largest absolute Gasteiger partial charge is 0.392 e. The molecule has 0 radical (unpaired) electrons. The van der Waals surface area contributed by atoms with E-state index < -0.39 is 5.82 Å². The van der Waals surface area contributed by atoms with Crippen molar-refractivity contribution in [2.24, 2.45) is 0 Å². The second kappa shape index (κ2) is 6.18. The maximum absolute atomic E-state index is 12.9. The zero-order valence-corrected chi connectivity index (χ0v) is 10.3. The van der Waals surface area contributed by atoms with Crippen LogP contribution in [0.4, 0.5) is 4.39 Å². The van der Waals surface area contributed by atoms with E-state index in [0.717, 1.165) is 5.56 Å². The Labute approximate surface area is 100 Å². The van der Waals surface area contributed by atoms with Crippen LogP contribution in [-0.4, -0.2) is 17.8 Å². The minimum Gasteiger partial charge on any atom is -0.392 e. The SMILES string of the molecule is CC[C@@H](O)CNC(C)c1ccc(F)c(Cl)c1. The fourth-order valence-electron chi connectivity index (χ4n) is 1.36. The number of benzene rings is 1. The maximum atomic E-state index is 12.9. The molecule has 0 aliphatic carbocycles. The molecule has 1 rings (SSSR count). The third kappa shape index (κ3) is 3.74. The highest BCUT2D eigenvalue weighted by Gasteiger charge is 2.09. The van der Waals surface area contributed by atoms with Gasteiger partial charge < -0.3 is 10.4 Å². The fourth-order valence-corrected chi connectivity index (χ4v) is 1.55. The Hall–Kier alpha value is -0.640. The fraction of sp³-hybridized carbons (Fsp3) is 0.500. The maximum Gasteiger partial charge on any atom is 0.141 e. The molecule has 90 valence electrons. The quantitative estimate of drug-likeness (QED) is 0.836. The van der Waals surface area contributed by atoms with Gasteiger partial charge in [-0.25, -0.2) is 4.39 Å². The molecule has 0 aliphatic heterocycles. The number of aliphatic hydroxyl groups excluding tert-OH is 1. The lowest BCUT2D eigenvalue weighted by Gasteiger charge is -2.17. The Morgan fingerprint density at radius 2 is 2.19 bits per heavy atom. The number of halogens is 2. The molecule has 0 amide bonds. The molecule has 16 heavy (non-hydrogen) atoms. The van der Waals surface area contributed by atoms with Gasteiger partial charge >= 0.3 is 0 Å². The van der Waals surface area contributed by atoms with Gasteiger partial charge in [-0.3, -0.25) is 0 Å². The smallest absolute Gasteiger partial charge is 0.141 e. The van der Waals surface area contributed by atoms with Gasteiger partial charge in [0.05, 0.1) is 11.1 Å². The van der Waals surface area contributed by atoms with Crippen molar-refractivity contribution in [1.29, 1.82) is 0 Å². The van der Waals surface area contributed by atoms with Crippen molar-refractivity contribution in [3.05, 3.63) is 34.6 Å². The van der Waals surface area contributed by atoms with Gasteiger partial charge in [0.2, 0.25) is 0 Å². The number of hydrogen-bond acceptors (Lipinski definition) is 2. The molecule has 1 aromatic rings. The summed E-state index contributed by atoms with van der Waals surface area (Å²) < 4.78 is 12.9. The van der Waals surface area contributed by atoms with Gasteiger partial charge in [0.15, 0.2) is 0 Å². The van der Waals surface area contributed by atoms with Crippen molar-refractivity contribution in [3.8, 4) is 0 Å². The molecule has 0 bridgehead atoms. The Morgan fingerprint density at radius 1 is 1.50 bits per heavy atom. The summed E-state index contributed by atoms with van der Waals surface area (Å²) in [5, 5.41) is 12.7. The standard InChI is InChI=1S/C12H17ClFNO/c1-3-10(16)7-15-8(2)9-4-5-12(14)11(13)6-9/h4-6,8,10,15-16H,3,7H2,1-2H3/t8?,10-/m1/s1. The van der Waals surface area contributed by atoms with E-state index in [2.05, 4.69) is 5.32 Å². The van der Waals surface area contributed by atoms with Crippen LogP contribution in [0.5, 0.6) is 0 Å². The van der Waals surface area contributed by atoms with Crippen molar-refractivity contribution in [2.75, 3.05) is 6.54 Å². The number of hydrogen-bond donors (Lipinski definition) is 2. The first-order chi connectivity index (χ1) is 7.54. The van der Waals surface area contributed by atoms with E-state index in [1.54, 1.807) is 12.1 Å². The van der Waals surface area contributed by atoms with Crippen molar-refractivity contribution >= 4 is 11.6 Å². The van der Waals surface area contributed by atoms with E-state index in [9.17, 15) is 9.50 Å². The molecular weight excluding hydrogens is 229 g/mol. The zero-order valence-electron chi connectivity index (χ0n) is 9.50. The summed E-state index contributed by atoms with van der Waals surface area (Å²) >= 11 is 5.70. The lowest BCUT2D eigenvalue weighted by atomic mass is 10.1. The summed E-state index contributed by atoms with van der Waals surface area (Å²) in [6.45, 7) is 4.39. The predicted octanol–water partition coefficient (Wildman–Crippen LogP) is 2.90. The summed E-state index contributed by atoms with van der Waals surface area (Å²) in [4.78, 5) is 0. The Morgan fingerprint density at radius 3 is 2.75 bits per heavy atom. The first-order valence-electron chi connectivity index (χ1n) is 5.41. The van der Waals surface area contributed by atoms with E-state index in [4.69, 9.17) is 11.6 Å². The predicted molar refractivity (Wildman–Crippen MR) is 64.1 cm³/mol. The third-order valence-corrected chi connectivity index (χ3v) is 2.86. The van der Waals surface area contributed by atoms with Crippen molar-refractivity contribution in [1.82, 2.24) is 5.32 Å². The Bertz CT molecular complexity index is 346. The van der Waals surface area contributed by atoms with E-state index in [1.807, 2.05) is 13.8 Å². The average Bonchev–Trinajstić information content (AvgIpc) is 2.29. The molecule has 2 nitrogen and oxygen atoms in total. The number of rotatable bonds is 5. The van der Waals surface area contributed by atoms with Gasteiger partial charge in [-0.05, 0) is 31.0 Å². The first kappa shape index (κ1) is 13.4. The minimum absolute atomic E-state index is 0.0410. The van der Waals surface area contributed by atoms with Crippen LogP contribution >= 0.6 is 11.6 Å².